The molecule has 0 aliphatic heterocycles. The van der Waals surface area contributed by atoms with E-state index in [9.17, 15) is 4.79 Å². The van der Waals surface area contributed by atoms with Gasteiger partial charge >= 0.3 is 0 Å². The molecule has 0 aromatic rings. The summed E-state index contributed by atoms with van der Waals surface area (Å²) in [5.74, 6) is 1.21. The Kier molecular flexibility index (Phi) is 3.73. The van der Waals surface area contributed by atoms with Gasteiger partial charge in [-0.2, -0.15) is 0 Å². The molecule has 2 saturated carbocycles. The van der Waals surface area contributed by atoms with Gasteiger partial charge in [-0.3, -0.25) is 4.79 Å². The zero-order valence-corrected chi connectivity index (χ0v) is 10.9. The van der Waals surface area contributed by atoms with E-state index in [-0.39, 0.29) is 5.91 Å². The van der Waals surface area contributed by atoms with Crippen molar-refractivity contribution in [3.05, 3.63) is 0 Å². The van der Waals surface area contributed by atoms with Crippen molar-refractivity contribution in [3.8, 4) is 0 Å². The maximum absolute atomic E-state index is 12.1. The molecule has 1 unspecified atom stereocenters. The summed E-state index contributed by atoms with van der Waals surface area (Å²) in [6.45, 7) is 3.98. The van der Waals surface area contributed by atoms with E-state index < -0.39 is 5.54 Å². The van der Waals surface area contributed by atoms with Crippen LogP contribution in [0.15, 0.2) is 0 Å². The van der Waals surface area contributed by atoms with E-state index in [4.69, 9.17) is 10.5 Å². The highest BCUT2D eigenvalue weighted by molar-refractivity contribution is 5.86. The largest absolute Gasteiger partial charge is 0.379 e. The molecule has 1 amide bonds. The topological polar surface area (TPSA) is 55.6 Å². The highest BCUT2D eigenvalue weighted by atomic mass is 16.5. The third-order valence-corrected chi connectivity index (χ3v) is 3.85. The van der Waals surface area contributed by atoms with E-state index in [1.807, 2.05) is 14.0 Å². The Morgan fingerprint density at radius 2 is 2.06 bits per heavy atom. The number of carbonyl (C=O) groups is 1. The molecule has 0 bridgehead atoms. The number of carbonyl (C=O) groups excluding carboxylic acids is 1. The summed E-state index contributed by atoms with van der Waals surface area (Å²) in [6, 6.07) is 0. The van der Waals surface area contributed by atoms with Gasteiger partial charge in [0.1, 0.15) is 0 Å². The van der Waals surface area contributed by atoms with E-state index in [1.165, 1.54) is 12.8 Å². The molecular weight excluding hydrogens is 216 g/mol. The maximum Gasteiger partial charge on any atom is 0.242 e. The second-order valence-corrected chi connectivity index (χ2v) is 5.80. The number of hydrogen-bond donors (Lipinski definition) is 1. The van der Waals surface area contributed by atoms with E-state index >= 15 is 0 Å². The lowest BCUT2D eigenvalue weighted by molar-refractivity contribution is -0.136. The average molecular weight is 240 g/mol. The van der Waals surface area contributed by atoms with Crippen LogP contribution in [-0.2, 0) is 9.53 Å². The van der Waals surface area contributed by atoms with Gasteiger partial charge in [0.15, 0.2) is 0 Å². The summed E-state index contributed by atoms with van der Waals surface area (Å²) in [5, 5.41) is 0. The Hall–Kier alpha value is -0.610. The Bertz CT molecular complexity index is 283. The lowest BCUT2D eigenvalue weighted by atomic mass is 9.95. The molecule has 2 fully saturated rings. The van der Waals surface area contributed by atoms with Gasteiger partial charge in [0, 0.05) is 20.2 Å². The van der Waals surface area contributed by atoms with E-state index in [0.717, 1.165) is 25.4 Å². The zero-order valence-electron chi connectivity index (χ0n) is 10.9. The van der Waals surface area contributed by atoms with Crippen molar-refractivity contribution < 1.29 is 9.53 Å². The first kappa shape index (κ1) is 12.8. The lowest BCUT2D eigenvalue weighted by Gasteiger charge is -2.29. The minimum atomic E-state index is -0.675. The SMILES string of the molecule is CN(CCOCC1CC1)C(=O)C(C)(N)C1CC1. The molecule has 0 spiro atoms. The average Bonchev–Trinajstić information content (AvgIpc) is 3.15. The number of ether oxygens (including phenoxy) is 1. The normalized spacial score (nSPS) is 23.2. The summed E-state index contributed by atoms with van der Waals surface area (Å²) in [4.78, 5) is 13.8. The van der Waals surface area contributed by atoms with Crippen molar-refractivity contribution >= 4 is 5.91 Å². The van der Waals surface area contributed by atoms with Crippen molar-refractivity contribution in [2.45, 2.75) is 38.1 Å². The molecule has 2 aliphatic rings. The fourth-order valence-corrected chi connectivity index (χ4v) is 2.11. The lowest BCUT2D eigenvalue weighted by Crippen LogP contribution is -2.54. The predicted octanol–water partition coefficient (Wildman–Crippen LogP) is 0.999. The smallest absolute Gasteiger partial charge is 0.242 e. The number of hydrogen-bond acceptors (Lipinski definition) is 3. The number of nitrogens with zero attached hydrogens (tertiary/aromatic N) is 1. The van der Waals surface area contributed by atoms with Crippen molar-refractivity contribution in [2.24, 2.45) is 17.6 Å². The van der Waals surface area contributed by atoms with Crippen molar-refractivity contribution in [1.29, 1.82) is 0 Å². The molecule has 0 aromatic carbocycles. The number of amides is 1. The Balaban J connectivity index is 1.66. The van der Waals surface area contributed by atoms with Crippen LogP contribution in [0.3, 0.4) is 0 Å². The second kappa shape index (κ2) is 4.94. The van der Waals surface area contributed by atoms with Crippen molar-refractivity contribution in [2.75, 3.05) is 26.8 Å². The molecule has 2 rings (SSSR count). The van der Waals surface area contributed by atoms with Crippen LogP contribution in [0.5, 0.6) is 0 Å². The molecule has 0 aromatic heterocycles. The van der Waals surface area contributed by atoms with Gasteiger partial charge in [-0.1, -0.05) is 0 Å². The summed E-state index contributed by atoms with van der Waals surface area (Å²) < 4.78 is 5.53. The monoisotopic (exact) mass is 240 g/mol. The van der Waals surface area contributed by atoms with E-state index in [2.05, 4.69) is 0 Å². The zero-order chi connectivity index (χ0) is 12.5. The number of rotatable bonds is 7. The predicted molar refractivity (Wildman–Crippen MR) is 66.5 cm³/mol. The molecule has 2 N–H and O–H groups in total. The van der Waals surface area contributed by atoms with E-state index in [1.54, 1.807) is 4.90 Å². The number of likely N-dealkylation sites (N-methyl/N-ethyl adjacent to an activating group) is 1. The fraction of sp³-hybridized carbons (Fsp3) is 0.923. The van der Waals surface area contributed by atoms with Crippen LogP contribution in [0.4, 0.5) is 0 Å². The Morgan fingerprint density at radius 3 is 2.59 bits per heavy atom. The first-order chi connectivity index (χ1) is 8.01. The first-order valence-corrected chi connectivity index (χ1v) is 6.64. The Morgan fingerprint density at radius 1 is 1.41 bits per heavy atom. The minimum absolute atomic E-state index is 0.0509. The molecule has 1 atom stereocenters. The molecule has 0 saturated heterocycles. The molecule has 2 aliphatic carbocycles. The number of nitrogens with two attached hydrogens (primary N) is 1. The van der Waals surface area contributed by atoms with Gasteiger partial charge in [-0.25, -0.2) is 0 Å². The summed E-state index contributed by atoms with van der Waals surface area (Å²) in [7, 11) is 1.82. The molecule has 4 heteroatoms. The molecule has 4 nitrogen and oxygen atoms in total. The van der Waals surface area contributed by atoms with Gasteiger partial charge in [0.2, 0.25) is 5.91 Å². The van der Waals surface area contributed by atoms with Crippen LogP contribution in [0.2, 0.25) is 0 Å². The Labute approximate surface area is 103 Å². The summed E-state index contributed by atoms with van der Waals surface area (Å²) >= 11 is 0. The van der Waals surface area contributed by atoms with Crippen LogP contribution in [0.1, 0.15) is 32.6 Å². The van der Waals surface area contributed by atoms with Gasteiger partial charge in [-0.05, 0) is 44.4 Å². The molecular formula is C13H24N2O2. The molecule has 0 heterocycles. The molecule has 0 radical (unpaired) electrons. The van der Waals surface area contributed by atoms with Gasteiger partial charge in [0.05, 0.1) is 12.1 Å². The summed E-state index contributed by atoms with van der Waals surface area (Å²) in [5.41, 5.74) is 5.42. The standard InChI is InChI=1S/C13H24N2O2/c1-13(14,11-5-6-11)12(16)15(2)7-8-17-9-10-3-4-10/h10-11H,3-9,14H2,1-2H3. The summed E-state index contributed by atoms with van der Waals surface area (Å²) in [6.07, 6.45) is 4.78. The second-order valence-electron chi connectivity index (χ2n) is 5.80. The van der Waals surface area contributed by atoms with Crippen LogP contribution < -0.4 is 5.73 Å². The minimum Gasteiger partial charge on any atom is -0.379 e. The first-order valence-electron chi connectivity index (χ1n) is 6.64. The highest BCUT2D eigenvalue weighted by Gasteiger charge is 2.45. The van der Waals surface area contributed by atoms with Crippen molar-refractivity contribution in [3.63, 3.8) is 0 Å². The van der Waals surface area contributed by atoms with Gasteiger partial charge in [-0.15, -0.1) is 0 Å². The van der Waals surface area contributed by atoms with Crippen LogP contribution in [0, 0.1) is 11.8 Å². The van der Waals surface area contributed by atoms with Crippen LogP contribution >= 0.6 is 0 Å². The molecule has 17 heavy (non-hydrogen) atoms. The van der Waals surface area contributed by atoms with Gasteiger partial charge in [0.25, 0.3) is 0 Å². The van der Waals surface area contributed by atoms with Gasteiger partial charge < -0.3 is 15.4 Å². The van der Waals surface area contributed by atoms with E-state index in [0.29, 0.717) is 19.1 Å². The fourth-order valence-electron chi connectivity index (χ4n) is 2.11. The van der Waals surface area contributed by atoms with Crippen LogP contribution in [0.25, 0.3) is 0 Å². The molecule has 98 valence electrons. The quantitative estimate of drug-likeness (QED) is 0.675. The highest BCUT2D eigenvalue weighted by Crippen LogP contribution is 2.38. The van der Waals surface area contributed by atoms with Crippen molar-refractivity contribution in [1.82, 2.24) is 4.90 Å². The third-order valence-electron chi connectivity index (χ3n) is 3.85. The third kappa shape index (κ3) is 3.42. The van der Waals surface area contributed by atoms with Crippen LogP contribution in [-0.4, -0.2) is 43.2 Å². The maximum atomic E-state index is 12.1.